The Bertz CT molecular complexity index is 1100. The zero-order valence-electron chi connectivity index (χ0n) is 20.0. The molecule has 2 rings (SSSR count). The van der Waals surface area contributed by atoms with E-state index in [-0.39, 0.29) is 23.4 Å². The zero-order valence-corrected chi connectivity index (χ0v) is 22.3. The van der Waals surface area contributed by atoms with Crippen LogP contribution in [0.15, 0.2) is 47.4 Å². The predicted molar refractivity (Wildman–Crippen MR) is 135 cm³/mol. The lowest BCUT2D eigenvalue weighted by Crippen LogP contribution is -2.52. The molecule has 0 fully saturated rings. The van der Waals surface area contributed by atoms with Crippen LogP contribution in [0.25, 0.3) is 0 Å². The molecule has 0 aliphatic heterocycles. The van der Waals surface area contributed by atoms with Crippen LogP contribution in [-0.4, -0.2) is 55.1 Å². The van der Waals surface area contributed by atoms with E-state index < -0.39 is 28.5 Å². The average molecular weight is 529 g/mol. The number of amides is 2. The molecule has 186 valence electrons. The fraction of sp³-hybridized carbons (Fsp3) is 0.417. The van der Waals surface area contributed by atoms with E-state index in [1.165, 1.54) is 24.1 Å². The maximum atomic E-state index is 13.5. The van der Waals surface area contributed by atoms with Crippen LogP contribution in [0.2, 0.25) is 10.0 Å². The van der Waals surface area contributed by atoms with Gasteiger partial charge in [0.05, 0.1) is 11.4 Å². The van der Waals surface area contributed by atoms with E-state index >= 15 is 0 Å². The Hall–Kier alpha value is -2.13. The number of hydrogen-bond donors (Lipinski definition) is 1. The Kier molecular flexibility index (Phi) is 9.94. The molecule has 0 unspecified atom stereocenters. The molecule has 7 nitrogen and oxygen atoms in total. The summed E-state index contributed by atoms with van der Waals surface area (Å²) in [6, 6.07) is 10.4. The van der Waals surface area contributed by atoms with Gasteiger partial charge in [-0.25, -0.2) is 8.42 Å². The number of halogens is 2. The highest BCUT2D eigenvalue weighted by atomic mass is 35.5. The number of carbonyl (C=O) groups excluding carboxylic acids is 2. The Labute approximate surface area is 212 Å². The topological polar surface area (TPSA) is 86.8 Å². The van der Waals surface area contributed by atoms with Gasteiger partial charge in [0.2, 0.25) is 21.8 Å². The van der Waals surface area contributed by atoms with Crippen molar-refractivity contribution in [1.82, 2.24) is 14.5 Å². The third-order valence-electron chi connectivity index (χ3n) is 5.29. The molecule has 2 aromatic carbocycles. The summed E-state index contributed by atoms with van der Waals surface area (Å²) < 4.78 is 27.0. The normalized spacial score (nSPS) is 12.6. The third kappa shape index (κ3) is 6.95. The van der Waals surface area contributed by atoms with Gasteiger partial charge in [0.25, 0.3) is 0 Å². The average Bonchev–Trinajstić information content (AvgIpc) is 2.75. The second kappa shape index (κ2) is 12.0. The summed E-state index contributed by atoms with van der Waals surface area (Å²) >= 11 is 12.7. The maximum Gasteiger partial charge on any atom is 0.243 e. The molecule has 1 atom stereocenters. The number of nitrogens with zero attached hydrogens (tertiary/aromatic N) is 2. The van der Waals surface area contributed by atoms with Gasteiger partial charge in [0.1, 0.15) is 6.04 Å². The number of benzene rings is 2. The van der Waals surface area contributed by atoms with Crippen LogP contribution in [0, 0.1) is 6.92 Å². The first-order chi connectivity index (χ1) is 15.9. The molecule has 0 spiro atoms. The van der Waals surface area contributed by atoms with Crippen LogP contribution in [0.4, 0.5) is 0 Å². The van der Waals surface area contributed by atoms with Gasteiger partial charge >= 0.3 is 0 Å². The number of aryl methyl sites for hydroxylation is 1. The molecule has 0 aromatic heterocycles. The van der Waals surface area contributed by atoms with Gasteiger partial charge in [-0.05, 0) is 51.5 Å². The van der Waals surface area contributed by atoms with Crippen molar-refractivity contribution in [3.8, 4) is 0 Å². The SMILES string of the molecule is CC[C@H](C(=O)NC(C)C)N(Cc1c(Cl)cccc1Cl)C(=O)CN(C)S(=O)(=O)c1ccc(C)cc1. The van der Waals surface area contributed by atoms with Crippen molar-refractivity contribution in [2.75, 3.05) is 13.6 Å². The number of nitrogens with one attached hydrogen (secondary N) is 1. The summed E-state index contributed by atoms with van der Waals surface area (Å²) in [5.74, 6) is -0.877. The molecule has 0 radical (unpaired) electrons. The standard InChI is InChI=1S/C24H31Cl2N3O4S/c1-6-22(24(31)27-16(2)3)29(14-19-20(25)8-7-9-21(19)26)23(30)15-28(5)34(32,33)18-12-10-17(4)11-13-18/h7-13,16,22H,6,14-15H2,1-5H3,(H,27,31)/t22-/m1/s1. The molecule has 2 amide bonds. The number of hydrogen-bond acceptors (Lipinski definition) is 4. The molecule has 1 N–H and O–H groups in total. The van der Waals surface area contributed by atoms with Crippen molar-refractivity contribution in [3.63, 3.8) is 0 Å². The molecule has 0 saturated heterocycles. The van der Waals surface area contributed by atoms with E-state index in [2.05, 4.69) is 5.32 Å². The Morgan fingerprint density at radius 1 is 1.03 bits per heavy atom. The predicted octanol–water partition coefficient (Wildman–Crippen LogP) is 4.25. The van der Waals surface area contributed by atoms with E-state index in [0.717, 1.165) is 9.87 Å². The summed E-state index contributed by atoms with van der Waals surface area (Å²) in [7, 11) is -2.58. The van der Waals surface area contributed by atoms with Gasteiger partial charge in [0.15, 0.2) is 0 Å². The van der Waals surface area contributed by atoms with Crippen molar-refractivity contribution in [1.29, 1.82) is 0 Å². The molecule has 0 aliphatic rings. The maximum absolute atomic E-state index is 13.5. The second-order valence-electron chi connectivity index (χ2n) is 8.38. The second-order valence-corrected chi connectivity index (χ2v) is 11.2. The molecule has 0 bridgehead atoms. The summed E-state index contributed by atoms with van der Waals surface area (Å²) in [5.41, 5.74) is 1.40. The van der Waals surface area contributed by atoms with Gasteiger partial charge in [-0.3, -0.25) is 9.59 Å². The summed E-state index contributed by atoms with van der Waals surface area (Å²) in [4.78, 5) is 27.8. The molecular weight excluding hydrogens is 497 g/mol. The van der Waals surface area contributed by atoms with E-state index in [9.17, 15) is 18.0 Å². The van der Waals surface area contributed by atoms with Crippen LogP contribution in [-0.2, 0) is 26.2 Å². The van der Waals surface area contributed by atoms with Crippen molar-refractivity contribution in [2.24, 2.45) is 0 Å². The highest BCUT2D eigenvalue weighted by Gasteiger charge is 2.32. The van der Waals surface area contributed by atoms with Crippen molar-refractivity contribution in [2.45, 2.75) is 57.6 Å². The van der Waals surface area contributed by atoms with Crippen LogP contribution >= 0.6 is 23.2 Å². The molecule has 0 aliphatic carbocycles. The van der Waals surface area contributed by atoms with E-state index in [0.29, 0.717) is 22.0 Å². The first kappa shape index (κ1) is 28.1. The molecule has 0 saturated carbocycles. The van der Waals surface area contributed by atoms with Gasteiger partial charge in [-0.15, -0.1) is 0 Å². The smallest absolute Gasteiger partial charge is 0.243 e. The van der Waals surface area contributed by atoms with Crippen LogP contribution < -0.4 is 5.32 Å². The van der Waals surface area contributed by atoms with E-state index in [4.69, 9.17) is 23.2 Å². The lowest BCUT2D eigenvalue weighted by atomic mass is 10.1. The van der Waals surface area contributed by atoms with Crippen LogP contribution in [0.5, 0.6) is 0 Å². The minimum Gasteiger partial charge on any atom is -0.352 e. The summed E-state index contributed by atoms with van der Waals surface area (Å²) in [6.07, 6.45) is 0.320. The molecule has 2 aromatic rings. The van der Waals surface area contributed by atoms with Crippen molar-refractivity contribution >= 4 is 45.0 Å². The first-order valence-electron chi connectivity index (χ1n) is 10.9. The lowest BCUT2D eigenvalue weighted by molar-refractivity contribution is -0.141. The lowest BCUT2D eigenvalue weighted by Gasteiger charge is -2.32. The van der Waals surface area contributed by atoms with Crippen LogP contribution in [0.1, 0.15) is 38.3 Å². The Balaban J connectivity index is 2.39. The highest BCUT2D eigenvalue weighted by Crippen LogP contribution is 2.27. The van der Waals surface area contributed by atoms with Crippen LogP contribution in [0.3, 0.4) is 0 Å². The fourth-order valence-corrected chi connectivity index (χ4v) is 5.05. The van der Waals surface area contributed by atoms with E-state index in [1.54, 1.807) is 37.3 Å². The summed E-state index contributed by atoms with van der Waals surface area (Å²) in [6.45, 7) is 6.79. The molecule has 0 heterocycles. The Morgan fingerprint density at radius 2 is 1.59 bits per heavy atom. The fourth-order valence-electron chi connectivity index (χ4n) is 3.41. The van der Waals surface area contributed by atoms with Crippen molar-refractivity contribution < 1.29 is 18.0 Å². The van der Waals surface area contributed by atoms with E-state index in [1.807, 2.05) is 20.8 Å². The number of sulfonamides is 1. The first-order valence-corrected chi connectivity index (χ1v) is 13.1. The quantitative estimate of drug-likeness (QED) is 0.500. The monoisotopic (exact) mass is 527 g/mol. The largest absolute Gasteiger partial charge is 0.352 e. The summed E-state index contributed by atoms with van der Waals surface area (Å²) in [5, 5.41) is 3.53. The Morgan fingerprint density at radius 3 is 2.09 bits per heavy atom. The molecular formula is C24H31Cl2N3O4S. The van der Waals surface area contributed by atoms with Gasteiger partial charge in [-0.2, -0.15) is 4.31 Å². The van der Waals surface area contributed by atoms with Crippen molar-refractivity contribution in [3.05, 3.63) is 63.6 Å². The van der Waals surface area contributed by atoms with Gasteiger partial charge in [0, 0.05) is 35.2 Å². The molecule has 34 heavy (non-hydrogen) atoms. The minimum atomic E-state index is -3.91. The highest BCUT2D eigenvalue weighted by molar-refractivity contribution is 7.89. The zero-order chi connectivity index (χ0) is 25.6. The number of rotatable bonds is 10. The number of carbonyl (C=O) groups is 2. The number of likely N-dealkylation sites (N-methyl/N-ethyl adjacent to an activating group) is 1. The van der Waals surface area contributed by atoms with Gasteiger partial charge in [-0.1, -0.05) is 53.9 Å². The van der Waals surface area contributed by atoms with Gasteiger partial charge < -0.3 is 10.2 Å². The third-order valence-corrected chi connectivity index (χ3v) is 7.82. The minimum absolute atomic E-state index is 0.0419. The molecule has 10 heteroatoms.